The monoisotopic (exact) mass is 367 g/mol. The standard InChI is InChI=1S/C16H23Cl2NO2.ClH/c1-19(13-5-3-2-4-6-13)10-14(20)11-21-16-8-7-12(17)9-15(16)18;/h7-9,13-14,20H,2-6,10-11H2,1H3;1H. The molecular weight excluding hydrogens is 345 g/mol. The van der Waals surface area contributed by atoms with Crippen LogP contribution in [-0.2, 0) is 0 Å². The highest BCUT2D eigenvalue weighted by Gasteiger charge is 2.20. The number of nitrogens with zero attached hydrogens (tertiary/aromatic N) is 1. The van der Waals surface area contributed by atoms with Gasteiger partial charge >= 0.3 is 0 Å². The molecule has 6 heteroatoms. The molecule has 0 aliphatic heterocycles. The number of hydrogen-bond acceptors (Lipinski definition) is 3. The lowest BCUT2D eigenvalue weighted by molar-refractivity contribution is 0.0562. The highest BCUT2D eigenvalue weighted by molar-refractivity contribution is 6.35. The Hall–Kier alpha value is -0.190. The Bertz CT molecular complexity index is 453. The van der Waals surface area contributed by atoms with Crippen molar-refractivity contribution in [3.63, 3.8) is 0 Å². The zero-order chi connectivity index (χ0) is 15.2. The van der Waals surface area contributed by atoms with Crippen molar-refractivity contribution in [2.45, 2.75) is 44.2 Å². The molecule has 1 fully saturated rings. The Balaban J connectivity index is 0.00000242. The molecule has 0 heterocycles. The van der Waals surface area contributed by atoms with Gasteiger partial charge in [-0.25, -0.2) is 0 Å². The van der Waals surface area contributed by atoms with Crippen molar-refractivity contribution in [3.8, 4) is 5.75 Å². The summed E-state index contributed by atoms with van der Waals surface area (Å²) < 4.78 is 5.57. The van der Waals surface area contributed by atoms with Crippen molar-refractivity contribution in [1.82, 2.24) is 4.90 Å². The van der Waals surface area contributed by atoms with E-state index in [0.717, 1.165) is 0 Å². The summed E-state index contributed by atoms with van der Waals surface area (Å²) in [6.45, 7) is 0.855. The number of ether oxygens (including phenoxy) is 1. The van der Waals surface area contributed by atoms with E-state index in [9.17, 15) is 5.11 Å². The first-order valence-corrected chi connectivity index (χ1v) is 8.28. The Morgan fingerprint density at radius 3 is 2.59 bits per heavy atom. The number of likely N-dealkylation sites (N-methyl/N-ethyl adjacent to an activating group) is 1. The summed E-state index contributed by atoms with van der Waals surface area (Å²) in [5, 5.41) is 11.2. The normalized spacial score (nSPS) is 17.1. The van der Waals surface area contributed by atoms with Crippen LogP contribution in [0, 0.1) is 0 Å². The Labute approximate surface area is 149 Å². The van der Waals surface area contributed by atoms with Gasteiger partial charge < -0.3 is 14.7 Å². The SMILES string of the molecule is CN(CC(O)COc1ccc(Cl)cc1Cl)C1CCCCC1.Cl. The van der Waals surface area contributed by atoms with Crippen LogP contribution in [0.3, 0.4) is 0 Å². The zero-order valence-corrected chi connectivity index (χ0v) is 15.1. The van der Waals surface area contributed by atoms with E-state index < -0.39 is 6.10 Å². The summed E-state index contributed by atoms with van der Waals surface area (Å²) in [7, 11) is 2.08. The minimum Gasteiger partial charge on any atom is -0.489 e. The Morgan fingerprint density at radius 1 is 1.27 bits per heavy atom. The lowest BCUT2D eigenvalue weighted by Crippen LogP contribution is -2.40. The predicted octanol–water partition coefficient (Wildman–Crippen LogP) is 4.42. The minimum atomic E-state index is -0.524. The highest BCUT2D eigenvalue weighted by atomic mass is 35.5. The average Bonchev–Trinajstić information content (AvgIpc) is 2.47. The van der Waals surface area contributed by atoms with E-state index in [2.05, 4.69) is 11.9 Å². The molecule has 1 atom stereocenters. The van der Waals surface area contributed by atoms with Crippen molar-refractivity contribution in [3.05, 3.63) is 28.2 Å². The van der Waals surface area contributed by atoms with Gasteiger partial charge in [0.15, 0.2) is 0 Å². The van der Waals surface area contributed by atoms with Crippen LogP contribution in [0.1, 0.15) is 32.1 Å². The topological polar surface area (TPSA) is 32.7 Å². The summed E-state index contributed by atoms with van der Waals surface area (Å²) in [4.78, 5) is 2.25. The van der Waals surface area contributed by atoms with Gasteiger partial charge in [-0.3, -0.25) is 0 Å². The van der Waals surface area contributed by atoms with Gasteiger partial charge in [-0.15, -0.1) is 12.4 Å². The number of aliphatic hydroxyl groups excluding tert-OH is 1. The lowest BCUT2D eigenvalue weighted by atomic mass is 9.94. The molecule has 1 unspecified atom stereocenters. The van der Waals surface area contributed by atoms with E-state index in [4.69, 9.17) is 27.9 Å². The highest BCUT2D eigenvalue weighted by Crippen LogP contribution is 2.27. The molecule has 0 bridgehead atoms. The van der Waals surface area contributed by atoms with Crippen LogP contribution in [0.2, 0.25) is 10.0 Å². The molecule has 22 heavy (non-hydrogen) atoms. The molecule has 1 aromatic rings. The maximum atomic E-state index is 10.1. The minimum absolute atomic E-state index is 0. The van der Waals surface area contributed by atoms with Crippen LogP contribution < -0.4 is 4.74 Å². The number of aliphatic hydroxyl groups is 1. The molecule has 126 valence electrons. The summed E-state index contributed by atoms with van der Waals surface area (Å²) >= 11 is 11.9. The van der Waals surface area contributed by atoms with Gasteiger partial charge in [-0.1, -0.05) is 42.5 Å². The van der Waals surface area contributed by atoms with Crippen LogP contribution in [0.5, 0.6) is 5.75 Å². The third kappa shape index (κ3) is 6.13. The predicted molar refractivity (Wildman–Crippen MR) is 94.7 cm³/mol. The molecule has 2 rings (SSSR count). The molecule has 1 aliphatic rings. The van der Waals surface area contributed by atoms with E-state index in [1.165, 1.54) is 32.1 Å². The fourth-order valence-electron chi connectivity index (χ4n) is 2.83. The van der Waals surface area contributed by atoms with Crippen molar-refractivity contribution in [2.75, 3.05) is 20.2 Å². The van der Waals surface area contributed by atoms with Crippen molar-refractivity contribution < 1.29 is 9.84 Å². The van der Waals surface area contributed by atoms with Crippen LogP contribution in [-0.4, -0.2) is 42.4 Å². The van der Waals surface area contributed by atoms with Crippen molar-refractivity contribution in [1.29, 1.82) is 0 Å². The molecule has 1 N–H and O–H groups in total. The molecule has 0 aromatic heterocycles. The van der Waals surface area contributed by atoms with E-state index in [-0.39, 0.29) is 19.0 Å². The second-order valence-electron chi connectivity index (χ2n) is 5.77. The van der Waals surface area contributed by atoms with Crippen molar-refractivity contribution in [2.24, 2.45) is 0 Å². The zero-order valence-electron chi connectivity index (χ0n) is 12.8. The first-order chi connectivity index (χ1) is 10.1. The smallest absolute Gasteiger partial charge is 0.138 e. The molecule has 0 spiro atoms. The van der Waals surface area contributed by atoms with Crippen LogP contribution in [0.25, 0.3) is 0 Å². The van der Waals surface area contributed by atoms with Gasteiger partial charge in [0.1, 0.15) is 18.5 Å². The van der Waals surface area contributed by atoms with Crippen molar-refractivity contribution >= 4 is 35.6 Å². The molecule has 1 saturated carbocycles. The largest absolute Gasteiger partial charge is 0.489 e. The van der Waals surface area contributed by atoms with E-state index in [1.807, 2.05) is 0 Å². The second-order valence-corrected chi connectivity index (χ2v) is 6.61. The number of benzene rings is 1. The van der Waals surface area contributed by atoms with Gasteiger partial charge in [0.2, 0.25) is 0 Å². The molecule has 0 amide bonds. The van der Waals surface area contributed by atoms with Crippen LogP contribution >= 0.6 is 35.6 Å². The maximum absolute atomic E-state index is 10.1. The molecule has 1 aromatic carbocycles. The number of hydrogen-bond donors (Lipinski definition) is 1. The average molecular weight is 369 g/mol. The van der Waals surface area contributed by atoms with Gasteiger partial charge in [-0.2, -0.15) is 0 Å². The molecule has 0 saturated heterocycles. The van der Waals surface area contributed by atoms with Crippen LogP contribution in [0.15, 0.2) is 18.2 Å². The van der Waals surface area contributed by atoms with Gasteiger partial charge in [0.25, 0.3) is 0 Å². The summed E-state index contributed by atoms with van der Waals surface area (Å²) in [5.74, 6) is 0.556. The van der Waals surface area contributed by atoms with Gasteiger partial charge in [0, 0.05) is 17.6 Å². The molecule has 1 aliphatic carbocycles. The Kier molecular flexibility index (Phi) is 8.88. The quantitative estimate of drug-likeness (QED) is 0.807. The third-order valence-corrected chi connectivity index (χ3v) is 4.55. The fraction of sp³-hybridized carbons (Fsp3) is 0.625. The van der Waals surface area contributed by atoms with Gasteiger partial charge in [0.05, 0.1) is 5.02 Å². The lowest BCUT2D eigenvalue weighted by Gasteiger charge is -2.32. The first kappa shape index (κ1) is 19.9. The number of halogens is 3. The summed E-state index contributed by atoms with van der Waals surface area (Å²) in [5.41, 5.74) is 0. The van der Waals surface area contributed by atoms with Crippen LogP contribution in [0.4, 0.5) is 0 Å². The Morgan fingerprint density at radius 2 is 1.95 bits per heavy atom. The van der Waals surface area contributed by atoms with E-state index in [1.54, 1.807) is 18.2 Å². The summed E-state index contributed by atoms with van der Waals surface area (Å²) in [6, 6.07) is 5.68. The maximum Gasteiger partial charge on any atom is 0.138 e. The number of rotatable bonds is 6. The third-order valence-electron chi connectivity index (χ3n) is 4.02. The first-order valence-electron chi connectivity index (χ1n) is 7.52. The van der Waals surface area contributed by atoms with E-state index >= 15 is 0 Å². The molecule has 3 nitrogen and oxygen atoms in total. The van der Waals surface area contributed by atoms with E-state index in [0.29, 0.717) is 28.4 Å². The summed E-state index contributed by atoms with van der Waals surface area (Å²) in [6.07, 6.45) is 5.86. The second kappa shape index (κ2) is 9.84. The molecular formula is C16H24Cl3NO2. The van der Waals surface area contributed by atoms with Gasteiger partial charge in [-0.05, 0) is 38.1 Å². The fourth-order valence-corrected chi connectivity index (χ4v) is 3.30. The molecule has 0 radical (unpaired) electrons.